The van der Waals surface area contributed by atoms with Gasteiger partial charge in [0.05, 0.1) is 5.69 Å². The number of nitrogens with zero attached hydrogens (tertiary/aromatic N) is 2. The number of hydrazone groups is 1. The zero-order valence-corrected chi connectivity index (χ0v) is 12.5. The van der Waals surface area contributed by atoms with E-state index < -0.39 is 30.8 Å². The van der Waals surface area contributed by atoms with Crippen molar-refractivity contribution in [1.29, 1.82) is 0 Å². The maximum atomic E-state index is 12.3. The largest absolute Gasteiger partial charge is 0.480 e. The molecule has 1 aliphatic rings. The minimum Gasteiger partial charge on any atom is -0.480 e. The Kier molecular flexibility index (Phi) is 5.25. The lowest BCUT2D eigenvalue weighted by atomic mass is 10.1. The van der Waals surface area contributed by atoms with Crippen molar-refractivity contribution in [2.75, 3.05) is 11.6 Å². The molecule has 0 spiro atoms. The summed E-state index contributed by atoms with van der Waals surface area (Å²) in [6.45, 7) is 2.68. The first-order valence-electron chi connectivity index (χ1n) is 7.10. The number of amides is 1. The number of benzene rings is 1. The predicted octanol–water partition coefficient (Wildman–Crippen LogP) is 2.11. The van der Waals surface area contributed by atoms with Crippen molar-refractivity contribution in [3.63, 3.8) is 0 Å². The van der Waals surface area contributed by atoms with Gasteiger partial charge in [-0.25, -0.2) is 13.6 Å². The van der Waals surface area contributed by atoms with E-state index in [4.69, 9.17) is 5.11 Å². The molecule has 0 aliphatic carbocycles. The average molecular weight is 325 g/mol. The van der Waals surface area contributed by atoms with E-state index >= 15 is 0 Å². The van der Waals surface area contributed by atoms with Gasteiger partial charge in [-0.1, -0.05) is 0 Å². The van der Waals surface area contributed by atoms with Crippen molar-refractivity contribution >= 4 is 23.3 Å². The van der Waals surface area contributed by atoms with Gasteiger partial charge in [0.1, 0.15) is 6.04 Å². The standard InChI is InChI=1S/C15H17F2N3O3/c1-9-6-7-20(19-9)11-4-2-10(3-5-11)14(21)18-12(15(22)23)8-13(16)17/h2-5,12-13H,6-8H2,1H3,(H,18,21)(H,22,23). The second-order valence-electron chi connectivity index (χ2n) is 5.25. The van der Waals surface area contributed by atoms with Gasteiger partial charge in [-0.15, -0.1) is 0 Å². The fourth-order valence-corrected chi connectivity index (χ4v) is 2.19. The van der Waals surface area contributed by atoms with Gasteiger partial charge in [0.25, 0.3) is 5.91 Å². The third-order valence-electron chi connectivity index (χ3n) is 3.42. The minimum atomic E-state index is -2.81. The molecule has 1 aromatic carbocycles. The van der Waals surface area contributed by atoms with Crippen LogP contribution in [0.5, 0.6) is 0 Å². The third kappa shape index (κ3) is 4.48. The molecule has 2 rings (SSSR count). The number of carbonyl (C=O) groups excluding carboxylic acids is 1. The van der Waals surface area contributed by atoms with E-state index in [-0.39, 0.29) is 5.56 Å². The zero-order valence-electron chi connectivity index (χ0n) is 12.5. The molecule has 0 bridgehead atoms. The summed E-state index contributed by atoms with van der Waals surface area (Å²) in [5.74, 6) is -2.19. The normalized spacial score (nSPS) is 15.5. The van der Waals surface area contributed by atoms with Crippen LogP contribution < -0.4 is 10.3 Å². The van der Waals surface area contributed by atoms with Crippen molar-refractivity contribution < 1.29 is 23.5 Å². The molecule has 0 fully saturated rings. The van der Waals surface area contributed by atoms with E-state index in [1.54, 1.807) is 17.1 Å². The molecule has 1 atom stereocenters. The second kappa shape index (κ2) is 7.17. The Morgan fingerprint density at radius 2 is 2.00 bits per heavy atom. The van der Waals surface area contributed by atoms with Gasteiger partial charge in [0.15, 0.2) is 0 Å². The number of carbonyl (C=O) groups is 2. The molecule has 6 nitrogen and oxygen atoms in total. The van der Waals surface area contributed by atoms with Gasteiger partial charge >= 0.3 is 5.97 Å². The van der Waals surface area contributed by atoms with Gasteiger partial charge in [-0.2, -0.15) is 5.10 Å². The van der Waals surface area contributed by atoms with Crippen LogP contribution in [0.4, 0.5) is 14.5 Å². The van der Waals surface area contributed by atoms with Crippen LogP contribution in [-0.4, -0.2) is 41.7 Å². The maximum absolute atomic E-state index is 12.3. The van der Waals surface area contributed by atoms with Crippen molar-refractivity contribution in [1.82, 2.24) is 5.32 Å². The molecule has 8 heteroatoms. The Labute approximate surface area is 131 Å². The predicted molar refractivity (Wildman–Crippen MR) is 81.0 cm³/mol. The van der Waals surface area contributed by atoms with Crippen molar-refractivity contribution in [2.24, 2.45) is 5.10 Å². The minimum absolute atomic E-state index is 0.203. The number of alkyl halides is 2. The highest BCUT2D eigenvalue weighted by Gasteiger charge is 2.24. The summed E-state index contributed by atoms with van der Waals surface area (Å²) in [6, 6.07) is 4.76. The second-order valence-corrected chi connectivity index (χ2v) is 5.25. The number of hydrogen-bond acceptors (Lipinski definition) is 4. The first-order valence-corrected chi connectivity index (χ1v) is 7.10. The molecule has 0 saturated heterocycles. The molecule has 1 heterocycles. The van der Waals surface area contributed by atoms with E-state index in [1.807, 2.05) is 6.92 Å². The van der Waals surface area contributed by atoms with Crippen LogP contribution in [0.2, 0.25) is 0 Å². The molecular weight excluding hydrogens is 308 g/mol. The SMILES string of the molecule is CC1=NN(c2ccc(C(=O)NC(CC(F)F)C(=O)O)cc2)CC1. The Hall–Kier alpha value is -2.51. The fraction of sp³-hybridized carbons (Fsp3) is 0.400. The number of nitrogens with one attached hydrogen (secondary N) is 1. The van der Waals surface area contributed by atoms with Gasteiger partial charge in [-0.05, 0) is 31.2 Å². The Morgan fingerprint density at radius 3 is 2.48 bits per heavy atom. The van der Waals surface area contributed by atoms with Crippen LogP contribution in [0.3, 0.4) is 0 Å². The number of halogens is 2. The molecule has 1 amide bonds. The number of carboxylic acid groups (broad SMARTS) is 1. The number of carboxylic acids is 1. The van der Waals surface area contributed by atoms with Crippen molar-refractivity contribution in [3.05, 3.63) is 29.8 Å². The fourth-order valence-electron chi connectivity index (χ4n) is 2.19. The van der Waals surface area contributed by atoms with E-state index in [9.17, 15) is 18.4 Å². The molecule has 23 heavy (non-hydrogen) atoms. The van der Waals surface area contributed by atoms with Gasteiger partial charge < -0.3 is 10.4 Å². The van der Waals surface area contributed by atoms with E-state index in [2.05, 4.69) is 10.4 Å². The van der Waals surface area contributed by atoms with Gasteiger partial charge in [0.2, 0.25) is 6.43 Å². The molecule has 2 N–H and O–H groups in total. The summed E-state index contributed by atoms with van der Waals surface area (Å²) in [5.41, 5.74) is 2.03. The zero-order chi connectivity index (χ0) is 17.0. The smallest absolute Gasteiger partial charge is 0.326 e. The number of rotatable bonds is 6. The summed E-state index contributed by atoms with van der Waals surface area (Å²) in [6.07, 6.45) is -2.87. The number of anilines is 1. The van der Waals surface area contributed by atoms with Gasteiger partial charge in [-0.3, -0.25) is 9.80 Å². The summed E-state index contributed by atoms with van der Waals surface area (Å²) in [7, 11) is 0. The highest BCUT2D eigenvalue weighted by Crippen LogP contribution is 2.20. The van der Waals surface area contributed by atoms with E-state index in [0.29, 0.717) is 0 Å². The van der Waals surface area contributed by atoms with Crippen LogP contribution in [0.15, 0.2) is 29.4 Å². The van der Waals surface area contributed by atoms with Crippen molar-refractivity contribution in [2.45, 2.75) is 32.2 Å². The highest BCUT2D eigenvalue weighted by atomic mass is 19.3. The molecular formula is C15H17F2N3O3. The average Bonchev–Trinajstić information content (AvgIpc) is 2.92. The molecule has 1 aliphatic heterocycles. The summed E-state index contributed by atoms with van der Waals surface area (Å²) < 4.78 is 24.6. The lowest BCUT2D eigenvalue weighted by molar-refractivity contribution is -0.140. The first-order chi connectivity index (χ1) is 10.9. The molecule has 0 saturated carbocycles. The maximum Gasteiger partial charge on any atom is 0.326 e. The lowest BCUT2D eigenvalue weighted by Gasteiger charge is -2.16. The number of aliphatic carboxylic acids is 1. The van der Waals surface area contributed by atoms with Crippen LogP contribution in [-0.2, 0) is 4.79 Å². The van der Waals surface area contributed by atoms with Crippen LogP contribution in [0, 0.1) is 0 Å². The van der Waals surface area contributed by atoms with Crippen LogP contribution >= 0.6 is 0 Å². The molecule has 124 valence electrons. The first kappa shape index (κ1) is 16.9. The highest BCUT2D eigenvalue weighted by molar-refractivity contribution is 5.97. The molecule has 1 aromatic rings. The lowest BCUT2D eigenvalue weighted by Crippen LogP contribution is -2.42. The van der Waals surface area contributed by atoms with Gasteiger partial charge in [0, 0.05) is 30.7 Å². The molecule has 1 unspecified atom stereocenters. The topological polar surface area (TPSA) is 82.0 Å². The third-order valence-corrected chi connectivity index (χ3v) is 3.42. The van der Waals surface area contributed by atoms with E-state index in [0.717, 1.165) is 24.4 Å². The summed E-state index contributed by atoms with van der Waals surface area (Å²) in [5, 5.41) is 17.1. The monoisotopic (exact) mass is 325 g/mol. The molecule has 0 aromatic heterocycles. The Morgan fingerprint density at radius 1 is 1.35 bits per heavy atom. The number of hydrogen-bond donors (Lipinski definition) is 2. The van der Waals surface area contributed by atoms with E-state index in [1.165, 1.54) is 12.1 Å². The molecule has 0 radical (unpaired) electrons. The van der Waals surface area contributed by atoms with Crippen LogP contribution in [0.25, 0.3) is 0 Å². The van der Waals surface area contributed by atoms with Crippen molar-refractivity contribution in [3.8, 4) is 0 Å². The Balaban J connectivity index is 2.03. The van der Waals surface area contributed by atoms with Crippen LogP contribution in [0.1, 0.15) is 30.1 Å². The Bertz CT molecular complexity index is 617. The summed E-state index contributed by atoms with van der Waals surface area (Å²) in [4.78, 5) is 22.9. The quantitative estimate of drug-likeness (QED) is 0.839. The summed E-state index contributed by atoms with van der Waals surface area (Å²) >= 11 is 0.